The molecular formula is C21H37ClN2O2. The highest BCUT2D eigenvalue weighted by molar-refractivity contribution is 6.20. The van der Waals surface area contributed by atoms with E-state index in [0.29, 0.717) is 24.3 Å². The lowest BCUT2D eigenvalue weighted by Gasteiger charge is -2.47. The molecule has 0 saturated carbocycles. The van der Waals surface area contributed by atoms with Gasteiger partial charge in [-0.15, -0.1) is 11.6 Å². The molecule has 3 atom stereocenters. The van der Waals surface area contributed by atoms with Crippen molar-refractivity contribution >= 4 is 17.5 Å². The number of nitrogens with one attached hydrogen (secondary N) is 1. The highest BCUT2D eigenvalue weighted by Gasteiger charge is 2.41. The minimum absolute atomic E-state index is 0.0888. The second-order valence-corrected chi connectivity index (χ2v) is 9.61. The van der Waals surface area contributed by atoms with Gasteiger partial charge in [-0.2, -0.15) is 0 Å². The van der Waals surface area contributed by atoms with Gasteiger partial charge in [0, 0.05) is 25.1 Å². The monoisotopic (exact) mass is 384 g/mol. The van der Waals surface area contributed by atoms with Crippen LogP contribution in [-0.2, 0) is 4.79 Å². The third kappa shape index (κ3) is 5.46. The van der Waals surface area contributed by atoms with Crippen LogP contribution in [0, 0.1) is 17.3 Å². The summed E-state index contributed by atoms with van der Waals surface area (Å²) < 4.78 is 0. The molecule has 2 unspecified atom stereocenters. The van der Waals surface area contributed by atoms with Crippen LogP contribution in [0.5, 0.6) is 0 Å². The summed E-state index contributed by atoms with van der Waals surface area (Å²) >= 11 is 6.25. The number of allylic oxidation sites excluding steroid dienone is 2. The summed E-state index contributed by atoms with van der Waals surface area (Å²) in [6, 6.07) is -0.167. The molecule has 1 saturated heterocycles. The fourth-order valence-electron chi connectivity index (χ4n) is 4.51. The van der Waals surface area contributed by atoms with E-state index in [1.807, 2.05) is 0 Å². The molecule has 0 radical (unpaired) electrons. The van der Waals surface area contributed by atoms with Gasteiger partial charge in [-0.25, -0.2) is 0 Å². The standard InChI is InChI=1S/C21H37ClN2O2/c1-15(2)19(23-11-5-13-25)20(26)24-12-10-18(21(3,4)14-24)16-6-8-17(22)9-7-16/h6,15,17-19,23,25H,5,7-14H2,1-4H3/t17?,18?,19-/m1/s1. The topological polar surface area (TPSA) is 52.6 Å². The van der Waals surface area contributed by atoms with Gasteiger partial charge in [0.2, 0.25) is 5.91 Å². The number of halogens is 1. The van der Waals surface area contributed by atoms with Crippen molar-refractivity contribution in [2.75, 3.05) is 26.2 Å². The third-order valence-electron chi connectivity index (χ3n) is 6.00. The fraction of sp³-hybridized carbons (Fsp3) is 0.857. The zero-order valence-electron chi connectivity index (χ0n) is 16.9. The Morgan fingerprint density at radius 1 is 1.42 bits per heavy atom. The van der Waals surface area contributed by atoms with Gasteiger partial charge in [-0.3, -0.25) is 4.79 Å². The molecule has 1 aliphatic heterocycles. The molecule has 0 spiro atoms. The minimum Gasteiger partial charge on any atom is -0.396 e. The number of rotatable bonds is 7. The van der Waals surface area contributed by atoms with Crippen LogP contribution in [-0.4, -0.2) is 53.6 Å². The molecule has 2 aliphatic rings. The largest absolute Gasteiger partial charge is 0.396 e. The van der Waals surface area contributed by atoms with E-state index in [4.69, 9.17) is 16.7 Å². The number of aliphatic hydroxyl groups excluding tert-OH is 1. The van der Waals surface area contributed by atoms with Gasteiger partial charge in [0.1, 0.15) is 0 Å². The first-order chi connectivity index (χ1) is 12.3. The fourth-order valence-corrected chi connectivity index (χ4v) is 4.71. The summed E-state index contributed by atoms with van der Waals surface area (Å²) in [5.41, 5.74) is 1.64. The number of amides is 1. The number of piperidine rings is 1. The first-order valence-corrected chi connectivity index (χ1v) is 10.7. The van der Waals surface area contributed by atoms with Gasteiger partial charge < -0.3 is 15.3 Å². The van der Waals surface area contributed by atoms with Crippen molar-refractivity contribution < 1.29 is 9.90 Å². The second-order valence-electron chi connectivity index (χ2n) is 8.99. The lowest BCUT2D eigenvalue weighted by molar-refractivity contribution is -0.138. The zero-order valence-corrected chi connectivity index (χ0v) is 17.7. The smallest absolute Gasteiger partial charge is 0.239 e. The highest BCUT2D eigenvalue weighted by Crippen LogP contribution is 2.43. The molecular weight excluding hydrogens is 348 g/mol. The van der Waals surface area contributed by atoms with Crippen LogP contribution in [0.25, 0.3) is 0 Å². The number of hydrogen-bond acceptors (Lipinski definition) is 3. The van der Waals surface area contributed by atoms with Gasteiger partial charge in [0.15, 0.2) is 0 Å². The highest BCUT2D eigenvalue weighted by atomic mass is 35.5. The number of alkyl halides is 1. The summed E-state index contributed by atoms with van der Waals surface area (Å²) in [5, 5.41) is 12.6. The summed E-state index contributed by atoms with van der Waals surface area (Å²) in [4.78, 5) is 15.2. The van der Waals surface area contributed by atoms with E-state index in [-0.39, 0.29) is 29.9 Å². The normalized spacial score (nSPS) is 27.3. The van der Waals surface area contributed by atoms with Crippen LogP contribution in [0.2, 0.25) is 0 Å². The molecule has 4 nitrogen and oxygen atoms in total. The van der Waals surface area contributed by atoms with Gasteiger partial charge in [-0.1, -0.05) is 39.3 Å². The second kappa shape index (κ2) is 9.57. The summed E-state index contributed by atoms with van der Waals surface area (Å²) in [5.74, 6) is 1.00. The van der Waals surface area contributed by atoms with E-state index in [9.17, 15) is 4.79 Å². The van der Waals surface area contributed by atoms with Gasteiger partial charge in [-0.05, 0) is 55.9 Å². The molecule has 5 heteroatoms. The Morgan fingerprint density at radius 3 is 2.69 bits per heavy atom. The number of carbonyl (C=O) groups excluding carboxylic acids is 1. The number of likely N-dealkylation sites (tertiary alicyclic amines) is 1. The summed E-state index contributed by atoms with van der Waals surface area (Å²) in [6.45, 7) is 11.2. The van der Waals surface area contributed by atoms with Crippen LogP contribution in [0.1, 0.15) is 59.8 Å². The lowest BCUT2D eigenvalue weighted by atomic mass is 9.68. The Hall–Kier alpha value is -0.580. The van der Waals surface area contributed by atoms with Crippen molar-refractivity contribution in [3.63, 3.8) is 0 Å². The minimum atomic E-state index is -0.167. The molecule has 26 heavy (non-hydrogen) atoms. The van der Waals surface area contributed by atoms with Gasteiger partial charge in [0.05, 0.1) is 6.04 Å². The summed E-state index contributed by atoms with van der Waals surface area (Å²) in [7, 11) is 0. The first kappa shape index (κ1) is 21.7. The molecule has 1 fully saturated rings. The maximum Gasteiger partial charge on any atom is 0.239 e. The molecule has 0 aromatic carbocycles. The van der Waals surface area contributed by atoms with Crippen molar-refractivity contribution in [2.24, 2.45) is 17.3 Å². The van der Waals surface area contributed by atoms with Crippen LogP contribution >= 0.6 is 11.6 Å². The quantitative estimate of drug-likeness (QED) is 0.400. The van der Waals surface area contributed by atoms with Crippen molar-refractivity contribution in [1.82, 2.24) is 10.2 Å². The predicted molar refractivity (Wildman–Crippen MR) is 108 cm³/mol. The predicted octanol–water partition coefficient (Wildman–Crippen LogP) is 3.58. The zero-order chi connectivity index (χ0) is 19.3. The van der Waals surface area contributed by atoms with Crippen LogP contribution in [0.3, 0.4) is 0 Å². The van der Waals surface area contributed by atoms with E-state index in [0.717, 1.165) is 38.8 Å². The number of nitrogens with zero attached hydrogens (tertiary/aromatic N) is 1. The molecule has 2 N–H and O–H groups in total. The molecule has 0 aromatic heterocycles. The maximum absolute atomic E-state index is 13.1. The van der Waals surface area contributed by atoms with Crippen molar-refractivity contribution in [3.05, 3.63) is 11.6 Å². The number of aliphatic hydroxyl groups is 1. The SMILES string of the molecule is CC(C)[C@@H](NCCCO)C(=O)N1CCC(C2=CCC(Cl)CC2)C(C)(C)C1. The first-order valence-electron chi connectivity index (χ1n) is 10.2. The van der Waals surface area contributed by atoms with Gasteiger partial charge >= 0.3 is 0 Å². The average Bonchev–Trinajstić information content (AvgIpc) is 2.58. The Morgan fingerprint density at radius 2 is 2.15 bits per heavy atom. The van der Waals surface area contributed by atoms with Crippen LogP contribution < -0.4 is 5.32 Å². The Labute approximate surface area is 164 Å². The van der Waals surface area contributed by atoms with Crippen molar-refractivity contribution in [1.29, 1.82) is 0 Å². The average molecular weight is 385 g/mol. The third-order valence-corrected chi connectivity index (χ3v) is 6.40. The molecule has 0 aromatic rings. The Bertz CT molecular complexity index is 504. The Kier molecular flexibility index (Phi) is 7.99. The van der Waals surface area contributed by atoms with E-state index in [2.05, 4.69) is 44.0 Å². The molecule has 1 amide bonds. The molecule has 2 rings (SSSR count). The van der Waals surface area contributed by atoms with Crippen molar-refractivity contribution in [2.45, 2.75) is 71.2 Å². The van der Waals surface area contributed by atoms with E-state index in [1.165, 1.54) is 0 Å². The van der Waals surface area contributed by atoms with Crippen LogP contribution in [0.15, 0.2) is 11.6 Å². The van der Waals surface area contributed by atoms with E-state index >= 15 is 0 Å². The maximum atomic E-state index is 13.1. The Balaban J connectivity index is 2.01. The number of carbonyl (C=O) groups is 1. The lowest BCUT2D eigenvalue weighted by Crippen LogP contribution is -2.55. The molecule has 1 heterocycles. The van der Waals surface area contributed by atoms with Gasteiger partial charge in [0.25, 0.3) is 0 Å². The van der Waals surface area contributed by atoms with E-state index in [1.54, 1.807) is 5.57 Å². The van der Waals surface area contributed by atoms with Crippen molar-refractivity contribution in [3.8, 4) is 0 Å². The van der Waals surface area contributed by atoms with E-state index < -0.39 is 0 Å². The number of hydrogen-bond donors (Lipinski definition) is 2. The van der Waals surface area contributed by atoms with Crippen LogP contribution in [0.4, 0.5) is 0 Å². The summed E-state index contributed by atoms with van der Waals surface area (Å²) in [6.07, 6.45) is 7.24. The molecule has 0 bridgehead atoms. The molecule has 1 aliphatic carbocycles. The molecule has 150 valence electrons.